The summed E-state index contributed by atoms with van der Waals surface area (Å²) in [6.45, 7) is 19.1. The number of nitrogens with zero attached hydrogens (tertiary/aromatic N) is 4. The largest absolute Gasteiger partial charge is 0.310 e. The van der Waals surface area contributed by atoms with E-state index in [1.165, 1.54) is 165 Å². The van der Waals surface area contributed by atoms with Crippen LogP contribution in [0.2, 0.25) is 0 Å². The number of hydrogen-bond donors (Lipinski definition) is 0. The van der Waals surface area contributed by atoms with E-state index in [0.29, 0.717) is 0 Å². The standard InChI is InChI=1S/C69H54N2.C51H38N2/c1-67(2)60-30-18-16-26-50(60)57-38-45(34-37-61(57)67)70(43-20-9-7-10-21-43)46-32-36-52-58-41-55-48-24-13-14-27-53(48)65(42-56(55)54-28-19-31-62(66(54)58)69(5,6)64(52)39-46)71(44-22-11-8-12-23-44)47-33-35-51-49-25-15-17-29-59(49)68(3,4)63(51)40-47;1-51(2)47-29-17-28-43-45-34-49(53(37-22-11-5-12-23-37)38-24-13-6-14-25-38)42-27-16-15-26-40(42)44(45)33-46(50(43)47)41-31-30-39(32-48(41)51)52(35-18-7-3-8-19-35)36-20-9-4-10-21-36/h7-42H,1-6H3;3-34H,1-2H3. The predicted octanol–water partition coefficient (Wildman–Crippen LogP) is 33.4. The molecule has 0 spiro atoms. The first-order chi connectivity index (χ1) is 60.6. The highest BCUT2D eigenvalue weighted by atomic mass is 15.2. The van der Waals surface area contributed by atoms with E-state index in [4.69, 9.17) is 0 Å². The summed E-state index contributed by atoms with van der Waals surface area (Å²) >= 11 is 0. The molecule has 0 bridgehead atoms. The van der Waals surface area contributed by atoms with E-state index in [0.717, 1.165) is 56.9 Å². The Morgan fingerprint density at radius 2 is 0.387 bits per heavy atom. The molecule has 0 heterocycles. The number of benzene rings is 20. The topological polar surface area (TPSA) is 13.0 Å². The normalized spacial score (nSPS) is 14.1. The molecule has 0 fully saturated rings. The minimum Gasteiger partial charge on any atom is -0.310 e. The summed E-state index contributed by atoms with van der Waals surface area (Å²) in [4.78, 5) is 9.72. The first-order valence-electron chi connectivity index (χ1n) is 43.7. The fourth-order valence-electron chi connectivity index (χ4n) is 21.9. The molecule has 0 atom stereocenters. The third-order valence-corrected chi connectivity index (χ3v) is 28.0. The van der Waals surface area contributed by atoms with Crippen molar-refractivity contribution < 1.29 is 0 Å². The van der Waals surface area contributed by atoms with Gasteiger partial charge in [0.15, 0.2) is 0 Å². The molecule has 0 aromatic heterocycles. The van der Waals surface area contributed by atoms with Gasteiger partial charge >= 0.3 is 0 Å². The van der Waals surface area contributed by atoms with Crippen molar-refractivity contribution in [2.45, 2.75) is 77.0 Å². The molecule has 592 valence electrons. The Labute approximate surface area is 726 Å². The molecule has 0 saturated heterocycles. The monoisotopic (exact) mass is 1590 g/mol. The lowest BCUT2D eigenvalue weighted by molar-refractivity contribution is 0.645. The molecule has 0 unspecified atom stereocenters. The van der Waals surface area contributed by atoms with Crippen molar-refractivity contribution in [3.8, 4) is 44.5 Å². The second kappa shape index (κ2) is 28.4. The van der Waals surface area contributed by atoms with Crippen LogP contribution < -0.4 is 19.6 Å². The van der Waals surface area contributed by atoms with Crippen molar-refractivity contribution in [2.75, 3.05) is 19.6 Å². The molecule has 0 aliphatic heterocycles. The van der Waals surface area contributed by atoms with E-state index in [-0.39, 0.29) is 21.7 Å². The molecule has 124 heavy (non-hydrogen) atoms. The van der Waals surface area contributed by atoms with Gasteiger partial charge in [-0.25, -0.2) is 0 Å². The minimum absolute atomic E-state index is 0.0578. The molecule has 0 amide bonds. The highest BCUT2D eigenvalue weighted by molar-refractivity contribution is 6.27. The van der Waals surface area contributed by atoms with E-state index in [1.807, 2.05) is 0 Å². The molecule has 24 rings (SSSR count). The summed E-state index contributed by atoms with van der Waals surface area (Å²) in [5, 5.41) is 15.3. The molecule has 0 radical (unpaired) electrons. The number of anilines is 12. The van der Waals surface area contributed by atoms with Gasteiger partial charge in [0.2, 0.25) is 0 Å². The summed E-state index contributed by atoms with van der Waals surface area (Å²) in [6, 6.07) is 153. The third kappa shape index (κ3) is 11.4. The van der Waals surface area contributed by atoms with Gasteiger partial charge in [0.05, 0.1) is 11.4 Å². The average molecular weight is 1590 g/mol. The molecule has 20 aromatic rings. The van der Waals surface area contributed by atoms with Crippen molar-refractivity contribution in [2.24, 2.45) is 0 Å². The van der Waals surface area contributed by atoms with E-state index < -0.39 is 0 Å². The van der Waals surface area contributed by atoms with Crippen molar-refractivity contribution in [1.82, 2.24) is 0 Å². The second-order valence-electron chi connectivity index (χ2n) is 36.2. The van der Waals surface area contributed by atoms with Crippen LogP contribution >= 0.6 is 0 Å². The van der Waals surface area contributed by atoms with Gasteiger partial charge in [0.25, 0.3) is 0 Å². The fourth-order valence-corrected chi connectivity index (χ4v) is 21.9. The number of fused-ring (bicyclic) bond motifs is 18. The Morgan fingerprint density at radius 3 is 0.790 bits per heavy atom. The highest BCUT2D eigenvalue weighted by Crippen LogP contribution is 2.59. The number of para-hydroxylation sites is 6. The maximum Gasteiger partial charge on any atom is 0.0546 e. The molecular formula is C120H92N4. The first kappa shape index (κ1) is 74.2. The van der Waals surface area contributed by atoms with Crippen LogP contribution in [-0.2, 0) is 21.7 Å². The van der Waals surface area contributed by atoms with Gasteiger partial charge in [-0.1, -0.05) is 322 Å². The van der Waals surface area contributed by atoms with Crippen molar-refractivity contribution in [1.29, 1.82) is 0 Å². The van der Waals surface area contributed by atoms with Crippen LogP contribution in [0.15, 0.2) is 413 Å². The van der Waals surface area contributed by atoms with E-state index in [1.54, 1.807) is 0 Å². The lowest BCUT2D eigenvalue weighted by atomic mass is 9.68. The van der Waals surface area contributed by atoms with Crippen molar-refractivity contribution in [3.05, 3.63) is 457 Å². The maximum absolute atomic E-state index is 2.51. The lowest BCUT2D eigenvalue weighted by Gasteiger charge is -2.37. The minimum atomic E-state index is -0.292. The van der Waals surface area contributed by atoms with Gasteiger partial charge in [0.1, 0.15) is 0 Å². The second-order valence-corrected chi connectivity index (χ2v) is 36.2. The van der Waals surface area contributed by atoms with Crippen LogP contribution in [0.25, 0.3) is 109 Å². The van der Waals surface area contributed by atoms with Crippen LogP contribution in [0.4, 0.5) is 68.2 Å². The molecule has 0 N–H and O–H groups in total. The zero-order chi connectivity index (χ0) is 83.5. The molecule has 20 aromatic carbocycles. The summed E-state index contributed by atoms with van der Waals surface area (Å²) in [7, 11) is 0. The van der Waals surface area contributed by atoms with Gasteiger partial charge in [-0.15, -0.1) is 0 Å². The number of hydrogen-bond acceptors (Lipinski definition) is 4. The van der Waals surface area contributed by atoms with Crippen molar-refractivity contribution >= 4 is 133 Å². The van der Waals surface area contributed by atoms with Crippen LogP contribution in [0.1, 0.15) is 99.9 Å². The van der Waals surface area contributed by atoms with Gasteiger partial charge in [0, 0.05) is 89.3 Å². The van der Waals surface area contributed by atoms with E-state index in [9.17, 15) is 0 Å². The fraction of sp³-hybridized carbons (Fsp3) is 0.100. The molecule has 0 saturated carbocycles. The van der Waals surface area contributed by atoms with Gasteiger partial charge in [-0.05, 0) is 288 Å². The van der Waals surface area contributed by atoms with E-state index >= 15 is 0 Å². The maximum atomic E-state index is 2.51. The molecule has 4 aliphatic carbocycles. The van der Waals surface area contributed by atoms with Crippen LogP contribution in [0, 0.1) is 0 Å². The zero-order valence-corrected chi connectivity index (χ0v) is 71.0. The Bertz CT molecular complexity index is 7640. The molecule has 4 nitrogen and oxygen atoms in total. The van der Waals surface area contributed by atoms with Gasteiger partial charge in [-0.3, -0.25) is 0 Å². The quantitative estimate of drug-likeness (QED) is 0.113. The Kier molecular flexibility index (Phi) is 17.0. The molecular weight excluding hydrogens is 1500 g/mol. The van der Waals surface area contributed by atoms with Gasteiger partial charge < -0.3 is 19.6 Å². The van der Waals surface area contributed by atoms with Crippen LogP contribution in [-0.4, -0.2) is 0 Å². The summed E-state index contributed by atoms with van der Waals surface area (Å²) in [6.07, 6.45) is 0. The van der Waals surface area contributed by atoms with E-state index in [2.05, 4.69) is 488 Å². The van der Waals surface area contributed by atoms with Gasteiger partial charge in [-0.2, -0.15) is 0 Å². The summed E-state index contributed by atoms with van der Waals surface area (Å²) in [5.41, 5.74) is 34.5. The lowest BCUT2D eigenvalue weighted by Crippen LogP contribution is -2.24. The third-order valence-electron chi connectivity index (χ3n) is 28.0. The van der Waals surface area contributed by atoms with Crippen LogP contribution in [0.3, 0.4) is 0 Å². The summed E-state index contributed by atoms with van der Waals surface area (Å²) < 4.78 is 0. The summed E-state index contributed by atoms with van der Waals surface area (Å²) in [5.74, 6) is 0. The van der Waals surface area contributed by atoms with Crippen LogP contribution in [0.5, 0.6) is 0 Å². The molecule has 4 aliphatic rings. The van der Waals surface area contributed by atoms with Crippen molar-refractivity contribution in [3.63, 3.8) is 0 Å². The smallest absolute Gasteiger partial charge is 0.0546 e. The zero-order valence-electron chi connectivity index (χ0n) is 71.0. The Morgan fingerprint density at radius 1 is 0.137 bits per heavy atom. The Balaban J connectivity index is 0.000000150. The average Bonchev–Trinajstić information content (AvgIpc) is 1.37. The first-order valence-corrected chi connectivity index (χ1v) is 43.7. The SMILES string of the molecule is CC1(C)c2cc(N(c3ccccc3)c3ccccc3)ccc2-c2cc3c4ccccc4c(N(c4ccccc4)c4ccccc4)cc3c3cccc1c23.CC1(C)c2ccccc2-c2cc(N(c3ccccc3)c3ccc4c(c3)C(C)(C)c3cccc5c3c-4cc3c4ccccc4c(N(c4ccccc4)c4ccc6c(c4)C(C)(C)c4ccccc4-6)cc53)ccc21. The highest BCUT2D eigenvalue weighted by Gasteiger charge is 2.41. The molecule has 4 heteroatoms. The number of rotatable bonds is 12. The Hall–Kier alpha value is -14.8. The predicted molar refractivity (Wildman–Crippen MR) is 527 cm³/mol.